The number of likely N-dealkylation sites (tertiary alicyclic amines) is 1. The predicted molar refractivity (Wildman–Crippen MR) is 130 cm³/mol. The van der Waals surface area contributed by atoms with Crippen LogP contribution in [0.1, 0.15) is 44.2 Å². The molecule has 188 valence electrons. The maximum Gasteiger partial charge on any atom is 0.305 e. The van der Waals surface area contributed by atoms with E-state index in [9.17, 15) is 14.4 Å². The van der Waals surface area contributed by atoms with Gasteiger partial charge in [0, 0.05) is 18.5 Å². The van der Waals surface area contributed by atoms with Gasteiger partial charge in [-0.2, -0.15) is 10.2 Å². The smallest absolute Gasteiger partial charge is 0.305 e. The monoisotopic (exact) mass is 492 g/mol. The van der Waals surface area contributed by atoms with Gasteiger partial charge in [-0.3, -0.25) is 9.69 Å². The average molecular weight is 493 g/mol. The van der Waals surface area contributed by atoms with Crippen LogP contribution in [-0.2, 0) is 16.1 Å². The molecule has 0 spiro atoms. The molecule has 0 radical (unpaired) electrons. The summed E-state index contributed by atoms with van der Waals surface area (Å²) in [5.41, 5.74) is 2.00. The van der Waals surface area contributed by atoms with E-state index in [1.807, 2.05) is 19.9 Å². The number of rotatable bonds is 8. The number of piperidine rings is 1. The molecule has 0 bridgehead atoms. The number of nitriles is 1. The van der Waals surface area contributed by atoms with Crippen LogP contribution in [0, 0.1) is 23.1 Å². The number of ether oxygens (including phenoxy) is 2. The first-order valence-electron chi connectivity index (χ1n) is 12.0. The van der Waals surface area contributed by atoms with E-state index >= 15 is 0 Å². The minimum atomic E-state index is -0.432. The summed E-state index contributed by atoms with van der Waals surface area (Å²) in [6.07, 6.45) is 2.22. The van der Waals surface area contributed by atoms with Crippen LogP contribution in [0.15, 0.2) is 40.9 Å². The van der Waals surface area contributed by atoms with Gasteiger partial charge >= 0.3 is 5.97 Å². The molecule has 36 heavy (non-hydrogen) atoms. The van der Waals surface area contributed by atoms with Crippen LogP contribution in [0.25, 0.3) is 22.8 Å². The molecule has 0 N–H and O–H groups in total. The molecule has 1 aromatic heterocycles. The van der Waals surface area contributed by atoms with Gasteiger partial charge in [-0.05, 0) is 81.6 Å². The number of carbonyl (C=O) groups is 1. The largest absolute Gasteiger partial charge is 0.490 e. The van der Waals surface area contributed by atoms with Gasteiger partial charge in [0.15, 0.2) is 0 Å². The molecule has 1 fully saturated rings. The molecule has 1 saturated heterocycles. The summed E-state index contributed by atoms with van der Waals surface area (Å²) in [6.45, 7) is 6.10. The van der Waals surface area contributed by atoms with Crippen LogP contribution >= 0.6 is 0 Å². The molecular weight excluding hydrogens is 463 g/mol. The van der Waals surface area contributed by atoms with Crippen LogP contribution in [0.3, 0.4) is 0 Å². The highest BCUT2D eigenvalue weighted by Gasteiger charge is 2.22. The molecular formula is C27H29FN4O4. The third-order valence-corrected chi connectivity index (χ3v) is 6.21. The molecule has 0 amide bonds. The third kappa shape index (κ3) is 6.07. The van der Waals surface area contributed by atoms with Gasteiger partial charge < -0.3 is 14.0 Å². The summed E-state index contributed by atoms with van der Waals surface area (Å²) in [7, 11) is 1.41. The van der Waals surface area contributed by atoms with Crippen molar-refractivity contribution in [3.8, 4) is 34.7 Å². The first kappa shape index (κ1) is 25.3. The first-order valence-corrected chi connectivity index (χ1v) is 12.0. The molecule has 9 heteroatoms. The second-order valence-corrected chi connectivity index (χ2v) is 9.23. The Morgan fingerprint density at radius 3 is 2.69 bits per heavy atom. The van der Waals surface area contributed by atoms with E-state index in [2.05, 4.69) is 21.1 Å². The fourth-order valence-electron chi connectivity index (χ4n) is 4.32. The number of benzene rings is 2. The lowest BCUT2D eigenvalue weighted by molar-refractivity contribution is -0.142. The van der Waals surface area contributed by atoms with E-state index in [0.717, 1.165) is 31.5 Å². The van der Waals surface area contributed by atoms with Gasteiger partial charge in [0.2, 0.25) is 5.82 Å². The number of methoxy groups -OCH3 is 1. The number of esters is 1. The number of carbonyl (C=O) groups excluding carboxylic acids is 1. The zero-order valence-corrected chi connectivity index (χ0v) is 20.7. The summed E-state index contributed by atoms with van der Waals surface area (Å²) in [5.74, 6) is 0.542. The fourth-order valence-corrected chi connectivity index (χ4v) is 4.32. The molecule has 1 aliphatic heterocycles. The molecule has 4 rings (SSSR count). The Kier molecular flexibility index (Phi) is 7.96. The van der Waals surface area contributed by atoms with Crippen molar-refractivity contribution in [2.45, 2.75) is 45.8 Å². The lowest BCUT2D eigenvalue weighted by atomic mass is 9.93. The molecule has 2 aromatic carbocycles. The fraction of sp³-hybridized carbons (Fsp3) is 0.407. The molecule has 0 unspecified atom stereocenters. The van der Waals surface area contributed by atoms with E-state index in [-0.39, 0.29) is 29.4 Å². The van der Waals surface area contributed by atoms with Crippen molar-refractivity contribution in [3.63, 3.8) is 0 Å². The summed E-state index contributed by atoms with van der Waals surface area (Å²) >= 11 is 0. The Morgan fingerprint density at radius 1 is 1.25 bits per heavy atom. The van der Waals surface area contributed by atoms with Crippen LogP contribution in [0.2, 0.25) is 0 Å². The Labute approximate surface area is 209 Å². The maximum absolute atomic E-state index is 15.0. The van der Waals surface area contributed by atoms with E-state index in [0.29, 0.717) is 35.8 Å². The van der Waals surface area contributed by atoms with Crippen molar-refractivity contribution in [1.82, 2.24) is 15.0 Å². The van der Waals surface area contributed by atoms with E-state index < -0.39 is 5.82 Å². The Balaban J connectivity index is 1.42. The maximum atomic E-state index is 15.0. The lowest BCUT2D eigenvalue weighted by Crippen LogP contribution is -2.34. The van der Waals surface area contributed by atoms with Crippen LogP contribution < -0.4 is 4.74 Å². The highest BCUT2D eigenvalue weighted by molar-refractivity contribution is 5.69. The second-order valence-electron chi connectivity index (χ2n) is 9.23. The first-order chi connectivity index (χ1) is 17.4. The van der Waals surface area contributed by atoms with Gasteiger partial charge in [0.05, 0.1) is 24.3 Å². The van der Waals surface area contributed by atoms with Crippen LogP contribution in [0.4, 0.5) is 4.39 Å². The van der Waals surface area contributed by atoms with Crippen LogP contribution in [-0.4, -0.2) is 47.3 Å². The Bertz CT molecular complexity index is 1260. The lowest BCUT2D eigenvalue weighted by Gasteiger charge is -2.31. The van der Waals surface area contributed by atoms with E-state index in [4.69, 9.17) is 14.0 Å². The number of nitrogens with zero attached hydrogens (tertiary/aromatic N) is 4. The van der Waals surface area contributed by atoms with E-state index in [1.165, 1.54) is 13.2 Å². The minimum Gasteiger partial charge on any atom is -0.490 e. The second kappa shape index (κ2) is 11.3. The SMILES string of the molecule is COC(=O)CC1CCN(Cc2ccc(-c3noc(-c4ccc(OC(C)C)c(C#N)c4)n3)c(F)c2)CC1. The van der Waals surface area contributed by atoms with Gasteiger partial charge in [0.1, 0.15) is 17.6 Å². The Morgan fingerprint density at radius 2 is 2.03 bits per heavy atom. The molecule has 0 atom stereocenters. The minimum absolute atomic E-state index is 0.0673. The van der Waals surface area contributed by atoms with Crippen molar-refractivity contribution >= 4 is 5.97 Å². The zero-order valence-electron chi connectivity index (χ0n) is 20.7. The van der Waals surface area contributed by atoms with E-state index in [1.54, 1.807) is 24.3 Å². The summed E-state index contributed by atoms with van der Waals surface area (Å²) in [5, 5.41) is 13.4. The van der Waals surface area contributed by atoms with Gasteiger partial charge in [-0.15, -0.1) is 0 Å². The molecule has 3 aromatic rings. The highest BCUT2D eigenvalue weighted by Crippen LogP contribution is 2.29. The van der Waals surface area contributed by atoms with Crippen molar-refractivity contribution in [2.75, 3.05) is 20.2 Å². The number of aromatic nitrogens is 2. The Hall–Kier alpha value is -3.77. The van der Waals surface area contributed by atoms with Gasteiger partial charge in [-0.25, -0.2) is 4.39 Å². The normalized spacial score (nSPS) is 14.6. The number of hydrogen-bond acceptors (Lipinski definition) is 8. The average Bonchev–Trinajstić information content (AvgIpc) is 3.35. The standard InChI is InChI=1S/C27H29FN4O4/c1-17(2)35-24-7-5-20(14-21(24)15-29)27-30-26(31-36-27)22-6-4-19(12-23(22)28)16-32-10-8-18(9-11-32)13-25(33)34-3/h4-7,12,14,17-18H,8-11,13,16H2,1-3H3. The molecule has 0 saturated carbocycles. The molecule has 2 heterocycles. The quantitative estimate of drug-likeness (QED) is 0.406. The molecule has 1 aliphatic rings. The molecule has 8 nitrogen and oxygen atoms in total. The number of hydrogen-bond donors (Lipinski definition) is 0. The topological polar surface area (TPSA) is 101 Å². The number of halogens is 1. The predicted octanol–water partition coefficient (Wildman–Crippen LogP) is 4.98. The molecule has 0 aliphatic carbocycles. The third-order valence-electron chi connectivity index (χ3n) is 6.21. The van der Waals surface area contributed by atoms with Crippen LogP contribution in [0.5, 0.6) is 5.75 Å². The van der Waals surface area contributed by atoms with Crippen molar-refractivity contribution in [1.29, 1.82) is 5.26 Å². The van der Waals surface area contributed by atoms with Gasteiger partial charge in [0.25, 0.3) is 5.89 Å². The van der Waals surface area contributed by atoms with Crippen molar-refractivity contribution < 1.29 is 23.2 Å². The summed E-state index contributed by atoms with van der Waals surface area (Å²) in [6, 6.07) is 12.2. The van der Waals surface area contributed by atoms with Crippen molar-refractivity contribution in [2.24, 2.45) is 5.92 Å². The highest BCUT2D eigenvalue weighted by atomic mass is 19.1. The summed E-state index contributed by atoms with van der Waals surface area (Å²) < 4.78 is 30.8. The summed E-state index contributed by atoms with van der Waals surface area (Å²) in [4.78, 5) is 18.1. The van der Waals surface area contributed by atoms with Crippen molar-refractivity contribution in [3.05, 3.63) is 53.3 Å². The zero-order chi connectivity index (χ0) is 25.7. The van der Waals surface area contributed by atoms with Gasteiger partial charge in [-0.1, -0.05) is 11.2 Å².